The Morgan fingerprint density at radius 1 is 1.04 bits per heavy atom. The highest BCUT2D eigenvalue weighted by Gasteiger charge is 2.13. The van der Waals surface area contributed by atoms with E-state index in [-0.39, 0.29) is 18.0 Å². The average molecular weight is 338 g/mol. The topological polar surface area (TPSA) is 75.3 Å². The van der Waals surface area contributed by atoms with Gasteiger partial charge in [0.25, 0.3) is 5.91 Å². The summed E-state index contributed by atoms with van der Waals surface area (Å²) >= 11 is 1.02. The molecule has 0 atom stereocenters. The molecule has 0 unspecified atom stereocenters. The van der Waals surface area contributed by atoms with E-state index in [4.69, 9.17) is 0 Å². The Morgan fingerprint density at radius 3 is 2.35 bits per heavy atom. The van der Waals surface area contributed by atoms with Gasteiger partial charge in [0.1, 0.15) is 0 Å². The van der Waals surface area contributed by atoms with Crippen LogP contribution in [0.3, 0.4) is 0 Å². The van der Waals surface area contributed by atoms with Crippen LogP contribution >= 0.6 is 11.3 Å². The van der Waals surface area contributed by atoms with Crippen molar-refractivity contribution in [1.29, 1.82) is 0 Å². The third kappa shape index (κ3) is 4.43. The van der Waals surface area contributed by atoms with Gasteiger partial charge in [-0.3, -0.25) is 14.4 Å². The second-order valence-corrected chi connectivity index (χ2v) is 5.66. The van der Waals surface area contributed by atoms with Gasteiger partial charge < -0.3 is 10.6 Å². The van der Waals surface area contributed by atoms with Gasteiger partial charge >= 0.3 is 0 Å². The number of amides is 2. The summed E-state index contributed by atoms with van der Waals surface area (Å²) in [5.41, 5.74) is 0.0816. The van der Waals surface area contributed by atoms with Gasteiger partial charge in [-0.15, -0.1) is 11.3 Å². The van der Waals surface area contributed by atoms with E-state index < -0.39 is 23.4 Å². The molecule has 0 aliphatic carbocycles. The van der Waals surface area contributed by atoms with E-state index in [2.05, 4.69) is 10.6 Å². The first-order valence-corrected chi connectivity index (χ1v) is 7.32. The number of carbonyl (C=O) groups is 3. The molecule has 0 aliphatic rings. The van der Waals surface area contributed by atoms with Crippen LogP contribution in [0.5, 0.6) is 0 Å². The molecule has 8 heteroatoms. The molecular weight excluding hydrogens is 326 g/mol. The number of benzene rings is 1. The Hall–Kier alpha value is -2.61. The highest BCUT2D eigenvalue weighted by atomic mass is 32.1. The summed E-state index contributed by atoms with van der Waals surface area (Å²) in [5, 5.41) is 4.71. The van der Waals surface area contributed by atoms with Crippen LogP contribution in [-0.2, 0) is 4.79 Å². The molecule has 2 rings (SSSR count). The zero-order chi connectivity index (χ0) is 17.0. The molecule has 0 aliphatic heterocycles. The molecule has 0 spiro atoms. The Bertz CT molecular complexity index is 774. The van der Waals surface area contributed by atoms with Gasteiger partial charge in [0.15, 0.2) is 17.4 Å². The molecule has 1 heterocycles. The van der Waals surface area contributed by atoms with E-state index in [1.54, 1.807) is 0 Å². The number of halogens is 2. The first-order valence-electron chi connectivity index (χ1n) is 6.50. The number of ketones is 1. The molecule has 0 saturated carbocycles. The van der Waals surface area contributed by atoms with Crippen molar-refractivity contribution in [3.8, 4) is 0 Å². The first-order chi connectivity index (χ1) is 10.9. The molecule has 23 heavy (non-hydrogen) atoms. The molecule has 0 radical (unpaired) electrons. The monoisotopic (exact) mass is 338 g/mol. The molecule has 2 amide bonds. The molecule has 1 aromatic heterocycles. The maximum Gasteiger partial charge on any atom is 0.261 e. The minimum absolute atomic E-state index is 0.0816. The highest BCUT2D eigenvalue weighted by molar-refractivity contribution is 7.15. The predicted molar refractivity (Wildman–Crippen MR) is 81.6 cm³/mol. The van der Waals surface area contributed by atoms with Crippen molar-refractivity contribution in [2.45, 2.75) is 6.92 Å². The van der Waals surface area contributed by atoms with Gasteiger partial charge in [0.2, 0.25) is 5.91 Å². The quantitative estimate of drug-likeness (QED) is 0.823. The maximum absolute atomic E-state index is 13.0. The molecule has 2 aromatic rings. The molecule has 0 saturated heterocycles. The Morgan fingerprint density at radius 2 is 1.74 bits per heavy atom. The van der Waals surface area contributed by atoms with Crippen LogP contribution in [0.2, 0.25) is 0 Å². The molecule has 2 N–H and O–H groups in total. The Balaban J connectivity index is 1.89. The normalized spacial score (nSPS) is 10.2. The number of carbonyl (C=O) groups excluding carboxylic acids is 3. The van der Waals surface area contributed by atoms with Crippen LogP contribution in [0.4, 0.5) is 14.5 Å². The molecule has 5 nitrogen and oxygen atoms in total. The van der Waals surface area contributed by atoms with Crippen molar-refractivity contribution in [3.63, 3.8) is 0 Å². The van der Waals surface area contributed by atoms with Crippen molar-refractivity contribution in [2.75, 3.05) is 11.9 Å². The summed E-state index contributed by atoms with van der Waals surface area (Å²) < 4.78 is 25.8. The minimum atomic E-state index is -1.08. The van der Waals surface area contributed by atoms with Crippen LogP contribution in [-0.4, -0.2) is 24.1 Å². The zero-order valence-corrected chi connectivity index (χ0v) is 12.8. The lowest BCUT2D eigenvalue weighted by Gasteiger charge is -2.06. The van der Waals surface area contributed by atoms with Crippen LogP contribution in [0.1, 0.15) is 26.3 Å². The van der Waals surface area contributed by atoms with Gasteiger partial charge in [-0.25, -0.2) is 8.78 Å². The summed E-state index contributed by atoms with van der Waals surface area (Å²) in [4.78, 5) is 35.4. The summed E-state index contributed by atoms with van der Waals surface area (Å²) in [5.74, 6) is -3.33. The van der Waals surface area contributed by atoms with Crippen LogP contribution in [0, 0.1) is 11.6 Å². The summed E-state index contributed by atoms with van der Waals surface area (Å²) in [6.07, 6.45) is 0. The third-order valence-electron chi connectivity index (χ3n) is 2.79. The molecule has 0 bridgehead atoms. The third-order valence-corrected chi connectivity index (χ3v) is 3.97. The van der Waals surface area contributed by atoms with Gasteiger partial charge in [0.05, 0.1) is 16.3 Å². The van der Waals surface area contributed by atoms with E-state index in [1.165, 1.54) is 25.1 Å². The second-order valence-electron chi connectivity index (χ2n) is 4.58. The van der Waals surface area contributed by atoms with Crippen molar-refractivity contribution >= 4 is 34.6 Å². The number of rotatable bonds is 5. The lowest BCUT2D eigenvalue weighted by Crippen LogP contribution is -2.32. The molecular formula is C15H12F2N2O3S. The molecule has 0 fully saturated rings. The summed E-state index contributed by atoms with van der Waals surface area (Å²) in [6.45, 7) is 1.05. The van der Waals surface area contributed by atoms with Gasteiger partial charge in [-0.2, -0.15) is 0 Å². The van der Waals surface area contributed by atoms with Gasteiger partial charge in [0, 0.05) is 11.8 Å². The highest BCUT2D eigenvalue weighted by Crippen LogP contribution is 2.17. The number of Topliss-reactive ketones (excluding diaryl/α,β-unsaturated/α-hetero) is 1. The number of hydrogen-bond donors (Lipinski definition) is 2. The lowest BCUT2D eigenvalue weighted by molar-refractivity contribution is -0.115. The zero-order valence-electron chi connectivity index (χ0n) is 12.0. The van der Waals surface area contributed by atoms with E-state index in [0.717, 1.165) is 23.5 Å². The van der Waals surface area contributed by atoms with E-state index in [9.17, 15) is 23.2 Å². The minimum Gasteiger partial charge on any atom is -0.342 e. The largest absolute Gasteiger partial charge is 0.342 e. The van der Waals surface area contributed by atoms with E-state index in [1.807, 2.05) is 0 Å². The summed E-state index contributed by atoms with van der Waals surface area (Å²) in [6, 6.07) is 5.95. The van der Waals surface area contributed by atoms with E-state index in [0.29, 0.717) is 9.75 Å². The second kappa shape index (κ2) is 7.10. The summed E-state index contributed by atoms with van der Waals surface area (Å²) in [7, 11) is 0. The smallest absolute Gasteiger partial charge is 0.261 e. The number of thiophene rings is 1. The lowest BCUT2D eigenvalue weighted by atomic mass is 10.3. The molecule has 120 valence electrons. The van der Waals surface area contributed by atoms with Crippen LogP contribution < -0.4 is 10.6 Å². The van der Waals surface area contributed by atoms with Crippen LogP contribution in [0.25, 0.3) is 0 Å². The standard InChI is InChI=1S/C15H12F2N2O3S/c1-8(20)12-4-5-13(23-12)15(22)18-7-14(21)19-9-2-3-10(16)11(17)6-9/h2-6H,7H2,1H3,(H,18,22)(H,19,21). The molecule has 1 aromatic carbocycles. The number of nitrogens with one attached hydrogen (secondary N) is 2. The fourth-order valence-corrected chi connectivity index (χ4v) is 2.49. The van der Waals surface area contributed by atoms with Crippen molar-refractivity contribution in [1.82, 2.24) is 5.32 Å². The maximum atomic E-state index is 13.0. The van der Waals surface area contributed by atoms with Crippen molar-refractivity contribution in [3.05, 3.63) is 51.7 Å². The van der Waals surface area contributed by atoms with Gasteiger partial charge in [-0.1, -0.05) is 0 Å². The average Bonchev–Trinajstić information content (AvgIpc) is 2.99. The van der Waals surface area contributed by atoms with Crippen LogP contribution in [0.15, 0.2) is 30.3 Å². The number of anilines is 1. The fourth-order valence-electron chi connectivity index (χ4n) is 1.68. The Kier molecular flexibility index (Phi) is 5.17. The first kappa shape index (κ1) is 16.8. The SMILES string of the molecule is CC(=O)c1ccc(C(=O)NCC(=O)Nc2ccc(F)c(F)c2)s1. The Labute approximate surface area is 134 Å². The fraction of sp³-hybridized carbons (Fsp3) is 0.133. The van der Waals surface area contributed by atoms with Crippen molar-refractivity contribution < 1.29 is 23.2 Å². The van der Waals surface area contributed by atoms with E-state index >= 15 is 0 Å². The van der Waals surface area contributed by atoms with Crippen molar-refractivity contribution in [2.24, 2.45) is 0 Å². The number of hydrogen-bond acceptors (Lipinski definition) is 4. The van der Waals surface area contributed by atoms with Gasteiger partial charge in [-0.05, 0) is 31.2 Å². The predicted octanol–water partition coefficient (Wildman–Crippen LogP) is 2.60.